The molecule has 0 spiro atoms. The van der Waals surface area contributed by atoms with Crippen LogP contribution in [0.5, 0.6) is 0 Å². The van der Waals surface area contributed by atoms with Crippen molar-refractivity contribution >= 4 is 23.6 Å². The van der Waals surface area contributed by atoms with E-state index in [0.29, 0.717) is 6.42 Å². The molecule has 0 saturated heterocycles. The van der Waals surface area contributed by atoms with Crippen molar-refractivity contribution in [2.45, 2.75) is 76.6 Å². The van der Waals surface area contributed by atoms with Crippen LogP contribution >= 0.6 is 11.8 Å². The Hall–Kier alpha value is -1.63. The molecule has 1 aromatic heterocycles. The first-order valence-electron chi connectivity index (χ1n) is 8.78. The monoisotopic (exact) mass is 365 g/mol. The van der Waals surface area contributed by atoms with E-state index in [-0.39, 0.29) is 24.3 Å². The summed E-state index contributed by atoms with van der Waals surface area (Å²) in [5.74, 6) is -0.581. The van der Waals surface area contributed by atoms with Crippen LogP contribution in [0.3, 0.4) is 0 Å². The van der Waals surface area contributed by atoms with Crippen LogP contribution in [0.25, 0.3) is 0 Å². The van der Waals surface area contributed by atoms with Gasteiger partial charge in [-0.2, -0.15) is 0 Å². The third kappa shape index (κ3) is 5.70. The molecule has 1 atom stereocenters. The Balaban J connectivity index is 1.82. The lowest BCUT2D eigenvalue weighted by molar-refractivity contribution is -0.155. The van der Waals surface area contributed by atoms with Crippen LogP contribution < -0.4 is 5.32 Å². The fourth-order valence-electron chi connectivity index (χ4n) is 3.09. The van der Waals surface area contributed by atoms with Gasteiger partial charge in [0.2, 0.25) is 0 Å². The van der Waals surface area contributed by atoms with Crippen molar-refractivity contribution in [3.05, 3.63) is 17.0 Å². The number of aryl methyl sites for hydroxylation is 2. The SMILES string of the molecule is CSc1nc(C)c(CCC(=O)O[C@@H](C)C(=O)NC2CCCC2)c(C)n1. The molecule has 0 radical (unpaired) electrons. The van der Waals surface area contributed by atoms with E-state index in [4.69, 9.17) is 4.74 Å². The van der Waals surface area contributed by atoms with Gasteiger partial charge >= 0.3 is 5.97 Å². The van der Waals surface area contributed by atoms with Crippen molar-refractivity contribution in [1.82, 2.24) is 15.3 Å². The summed E-state index contributed by atoms with van der Waals surface area (Å²) in [5, 5.41) is 3.68. The maximum atomic E-state index is 12.1. The van der Waals surface area contributed by atoms with Gasteiger partial charge in [-0.05, 0) is 51.9 Å². The molecule has 1 aromatic rings. The molecular formula is C18H27N3O3S. The molecule has 6 nitrogen and oxygen atoms in total. The average Bonchev–Trinajstić information content (AvgIpc) is 3.06. The molecule has 1 aliphatic rings. The van der Waals surface area contributed by atoms with Gasteiger partial charge in [0.1, 0.15) is 0 Å². The lowest BCUT2D eigenvalue weighted by Crippen LogP contribution is -2.40. The Kier molecular flexibility index (Phi) is 7.23. The normalized spacial score (nSPS) is 15.8. The van der Waals surface area contributed by atoms with Crippen molar-refractivity contribution in [3.63, 3.8) is 0 Å². The van der Waals surface area contributed by atoms with Gasteiger partial charge in [0.25, 0.3) is 5.91 Å². The van der Waals surface area contributed by atoms with Gasteiger partial charge in [0.15, 0.2) is 11.3 Å². The molecule has 1 fully saturated rings. The number of hydrogen-bond acceptors (Lipinski definition) is 6. The van der Waals surface area contributed by atoms with Crippen molar-refractivity contribution in [2.75, 3.05) is 6.26 Å². The maximum absolute atomic E-state index is 12.1. The first-order chi connectivity index (χ1) is 11.9. The van der Waals surface area contributed by atoms with Crippen LogP contribution in [0, 0.1) is 13.8 Å². The van der Waals surface area contributed by atoms with E-state index in [1.165, 1.54) is 11.8 Å². The minimum atomic E-state index is -0.759. The number of thioether (sulfide) groups is 1. The Morgan fingerprint density at radius 2 is 1.84 bits per heavy atom. The van der Waals surface area contributed by atoms with Crippen LogP contribution in [0.4, 0.5) is 0 Å². The first-order valence-corrected chi connectivity index (χ1v) is 10.0. The van der Waals surface area contributed by atoms with Crippen LogP contribution in [-0.2, 0) is 20.7 Å². The molecule has 138 valence electrons. The molecule has 1 heterocycles. The topological polar surface area (TPSA) is 81.2 Å². The van der Waals surface area contributed by atoms with Gasteiger partial charge in [-0.3, -0.25) is 9.59 Å². The van der Waals surface area contributed by atoms with Crippen molar-refractivity contribution in [1.29, 1.82) is 0 Å². The van der Waals surface area contributed by atoms with E-state index in [1.54, 1.807) is 6.92 Å². The highest BCUT2D eigenvalue weighted by molar-refractivity contribution is 7.98. The minimum absolute atomic E-state index is 0.208. The number of ether oxygens (including phenoxy) is 1. The summed E-state index contributed by atoms with van der Waals surface area (Å²) in [6.45, 7) is 5.47. The Morgan fingerprint density at radius 1 is 1.24 bits per heavy atom. The van der Waals surface area contributed by atoms with E-state index in [1.807, 2.05) is 20.1 Å². The molecule has 0 aromatic carbocycles. The van der Waals surface area contributed by atoms with Crippen LogP contribution in [0.15, 0.2) is 5.16 Å². The standard InChI is InChI=1S/C18H27N3O3S/c1-11-15(12(2)20-18(19-11)25-4)9-10-16(22)24-13(3)17(23)21-14-7-5-6-8-14/h13-14H,5-10H2,1-4H3,(H,21,23)/t13-/m0/s1. The van der Waals surface area contributed by atoms with Gasteiger partial charge in [-0.25, -0.2) is 9.97 Å². The van der Waals surface area contributed by atoms with E-state index in [0.717, 1.165) is 47.8 Å². The van der Waals surface area contributed by atoms with Gasteiger partial charge < -0.3 is 10.1 Å². The molecule has 1 N–H and O–H groups in total. The molecule has 2 rings (SSSR count). The molecular weight excluding hydrogens is 338 g/mol. The van der Waals surface area contributed by atoms with E-state index < -0.39 is 6.10 Å². The fourth-order valence-corrected chi connectivity index (χ4v) is 3.54. The summed E-state index contributed by atoms with van der Waals surface area (Å²) >= 11 is 1.50. The smallest absolute Gasteiger partial charge is 0.306 e. The van der Waals surface area contributed by atoms with Crippen molar-refractivity contribution in [3.8, 4) is 0 Å². The van der Waals surface area contributed by atoms with Crippen LogP contribution in [0.2, 0.25) is 0 Å². The summed E-state index contributed by atoms with van der Waals surface area (Å²) in [6.07, 6.45) is 6.22. The second kappa shape index (κ2) is 9.17. The maximum Gasteiger partial charge on any atom is 0.306 e. The predicted molar refractivity (Wildman–Crippen MR) is 97.6 cm³/mol. The highest BCUT2D eigenvalue weighted by atomic mass is 32.2. The number of rotatable bonds is 7. The summed E-state index contributed by atoms with van der Waals surface area (Å²) in [5.41, 5.74) is 2.74. The quantitative estimate of drug-likeness (QED) is 0.455. The number of hydrogen-bond donors (Lipinski definition) is 1. The van der Waals surface area contributed by atoms with E-state index >= 15 is 0 Å². The summed E-state index contributed by atoms with van der Waals surface area (Å²) in [6, 6.07) is 0.228. The lowest BCUT2D eigenvalue weighted by Gasteiger charge is -2.17. The molecule has 0 bridgehead atoms. The molecule has 7 heteroatoms. The van der Waals surface area contributed by atoms with Gasteiger partial charge in [-0.15, -0.1) is 0 Å². The van der Waals surface area contributed by atoms with Crippen molar-refractivity contribution in [2.24, 2.45) is 0 Å². The van der Waals surface area contributed by atoms with Gasteiger partial charge in [0, 0.05) is 23.9 Å². The Bertz CT molecular complexity index is 607. The number of esters is 1. The molecule has 0 unspecified atom stereocenters. The van der Waals surface area contributed by atoms with E-state index in [2.05, 4.69) is 15.3 Å². The predicted octanol–water partition coefficient (Wildman–Crippen LogP) is 2.74. The zero-order valence-corrected chi connectivity index (χ0v) is 16.2. The van der Waals surface area contributed by atoms with Crippen LogP contribution in [0.1, 0.15) is 56.0 Å². The Morgan fingerprint density at radius 3 is 2.40 bits per heavy atom. The number of carbonyl (C=O) groups is 2. The zero-order chi connectivity index (χ0) is 18.4. The van der Waals surface area contributed by atoms with Crippen LogP contribution in [-0.4, -0.2) is 40.2 Å². The lowest BCUT2D eigenvalue weighted by atomic mass is 10.1. The number of amides is 1. The highest BCUT2D eigenvalue weighted by Gasteiger charge is 2.23. The number of carbonyl (C=O) groups excluding carboxylic acids is 2. The summed E-state index contributed by atoms with van der Waals surface area (Å²) in [4.78, 5) is 33.0. The van der Waals surface area contributed by atoms with Gasteiger partial charge in [-0.1, -0.05) is 24.6 Å². The molecule has 1 saturated carbocycles. The van der Waals surface area contributed by atoms with Gasteiger partial charge in [0.05, 0.1) is 0 Å². The molecule has 1 aliphatic carbocycles. The number of nitrogens with zero attached hydrogens (tertiary/aromatic N) is 2. The first kappa shape index (κ1) is 19.7. The largest absolute Gasteiger partial charge is 0.453 e. The fraction of sp³-hybridized carbons (Fsp3) is 0.667. The highest BCUT2D eigenvalue weighted by Crippen LogP contribution is 2.19. The Labute approximate surface area is 153 Å². The second-order valence-corrected chi connectivity index (χ2v) is 7.26. The average molecular weight is 365 g/mol. The third-order valence-electron chi connectivity index (χ3n) is 4.54. The minimum Gasteiger partial charge on any atom is -0.453 e. The zero-order valence-electron chi connectivity index (χ0n) is 15.4. The summed E-state index contributed by atoms with van der Waals surface area (Å²) < 4.78 is 5.27. The van der Waals surface area contributed by atoms with E-state index in [9.17, 15) is 9.59 Å². The number of nitrogens with one attached hydrogen (secondary N) is 1. The molecule has 0 aliphatic heterocycles. The molecule has 1 amide bonds. The van der Waals surface area contributed by atoms with Crippen molar-refractivity contribution < 1.29 is 14.3 Å². The second-order valence-electron chi connectivity index (χ2n) is 6.48. The number of aromatic nitrogens is 2. The summed E-state index contributed by atoms with van der Waals surface area (Å²) in [7, 11) is 0. The molecule has 25 heavy (non-hydrogen) atoms. The third-order valence-corrected chi connectivity index (χ3v) is 5.09.